The molecule has 0 saturated carbocycles. The van der Waals surface area contributed by atoms with Crippen LogP contribution in [-0.4, -0.2) is 23.7 Å². The number of carbonyl (C=O) groups is 2. The highest BCUT2D eigenvalue weighted by molar-refractivity contribution is 6.02. The van der Waals surface area contributed by atoms with Crippen LogP contribution in [0.1, 0.15) is 52.9 Å². The minimum Gasteiger partial charge on any atom is -0.478 e. The van der Waals surface area contributed by atoms with Crippen LogP contribution in [-0.2, 0) is 4.74 Å². The van der Waals surface area contributed by atoms with Crippen LogP contribution in [0.2, 0.25) is 0 Å². The summed E-state index contributed by atoms with van der Waals surface area (Å²) < 4.78 is 35.3. The molecule has 0 aliphatic carbocycles. The van der Waals surface area contributed by atoms with Crippen LogP contribution in [0.15, 0.2) is 24.2 Å². The fourth-order valence-electron chi connectivity index (χ4n) is 1.49. The van der Waals surface area contributed by atoms with E-state index in [2.05, 4.69) is 0 Å². The molecule has 0 aliphatic heterocycles. The average Bonchev–Trinajstić information content (AvgIpc) is 2.46. The summed E-state index contributed by atoms with van der Waals surface area (Å²) in [5.74, 6) is -2.56. The van der Waals surface area contributed by atoms with Crippen LogP contribution in [0.3, 0.4) is 0 Å². The molecular formula is C14H18O4. The number of hydrogen-bond donors (Lipinski definition) is 1. The van der Waals surface area contributed by atoms with Crippen LogP contribution >= 0.6 is 0 Å². The smallest absolute Gasteiger partial charge is 0.339 e. The largest absolute Gasteiger partial charge is 0.478 e. The molecule has 0 amide bonds. The lowest BCUT2D eigenvalue weighted by Crippen LogP contribution is -2.15. The minimum atomic E-state index is -1.60. The van der Waals surface area contributed by atoms with Crippen molar-refractivity contribution >= 4 is 11.9 Å². The van der Waals surface area contributed by atoms with Crippen molar-refractivity contribution in [3.8, 4) is 0 Å². The predicted octanol–water partition coefficient (Wildman–Crippen LogP) is 2.98. The predicted molar refractivity (Wildman–Crippen MR) is 67.8 cm³/mol. The summed E-state index contributed by atoms with van der Waals surface area (Å²) in [4.78, 5) is 23.3. The summed E-state index contributed by atoms with van der Waals surface area (Å²) in [6, 6.07) is -2.82. The standard InChI is InChI=1S/C14H18O4/c1-3-6-10(2)9-18-14(17)12-8-5-4-7-11(12)13(15)16/h4-5,7-8,10H,3,6,9H2,1-2H3,(H,15,16)/i4D,5D,7D,8D. The molecule has 0 spiro atoms. The maximum absolute atomic E-state index is 12.1. The maximum Gasteiger partial charge on any atom is 0.339 e. The number of ether oxygens (including phenoxy) is 1. The Kier molecular flexibility index (Phi) is 3.45. The molecule has 1 unspecified atom stereocenters. The number of carboxylic acid groups (broad SMARTS) is 1. The molecule has 1 aromatic carbocycles. The Morgan fingerprint density at radius 2 is 2.00 bits per heavy atom. The third kappa shape index (κ3) is 3.87. The van der Waals surface area contributed by atoms with Crippen LogP contribution in [0, 0.1) is 5.92 Å². The van der Waals surface area contributed by atoms with Crippen molar-refractivity contribution in [3.05, 3.63) is 35.3 Å². The van der Waals surface area contributed by atoms with E-state index < -0.39 is 47.2 Å². The molecule has 0 heterocycles. The zero-order valence-electron chi connectivity index (χ0n) is 14.4. The molecule has 1 aromatic rings. The lowest BCUT2D eigenvalue weighted by atomic mass is 10.1. The van der Waals surface area contributed by atoms with Gasteiger partial charge in [-0.05, 0) is 24.4 Å². The van der Waals surface area contributed by atoms with E-state index in [1.807, 2.05) is 13.8 Å². The average molecular weight is 254 g/mol. The van der Waals surface area contributed by atoms with Gasteiger partial charge in [0, 0.05) is 0 Å². The van der Waals surface area contributed by atoms with Gasteiger partial charge in [-0.3, -0.25) is 0 Å². The zero-order valence-corrected chi connectivity index (χ0v) is 10.4. The van der Waals surface area contributed by atoms with Gasteiger partial charge in [0.05, 0.1) is 23.2 Å². The van der Waals surface area contributed by atoms with E-state index >= 15 is 0 Å². The number of carbonyl (C=O) groups excluding carboxylic acids is 1. The number of benzene rings is 1. The van der Waals surface area contributed by atoms with Crippen molar-refractivity contribution in [1.29, 1.82) is 0 Å². The summed E-state index contributed by atoms with van der Waals surface area (Å²) in [6.45, 7) is 3.91. The summed E-state index contributed by atoms with van der Waals surface area (Å²) in [5.41, 5.74) is -1.40. The molecule has 0 saturated heterocycles. The second kappa shape index (κ2) is 6.79. The SMILES string of the molecule is [2H]c1c([2H])c([2H])c(C(=O)OCC(C)CCC)c(C(=O)O)c1[2H]. The molecule has 18 heavy (non-hydrogen) atoms. The van der Waals surface area contributed by atoms with Gasteiger partial charge in [0.1, 0.15) is 0 Å². The van der Waals surface area contributed by atoms with E-state index in [-0.39, 0.29) is 12.5 Å². The number of aromatic carboxylic acids is 1. The van der Waals surface area contributed by atoms with Crippen LogP contribution in [0.25, 0.3) is 0 Å². The van der Waals surface area contributed by atoms with Gasteiger partial charge in [-0.15, -0.1) is 0 Å². The van der Waals surface area contributed by atoms with Crippen molar-refractivity contribution in [2.24, 2.45) is 5.92 Å². The molecule has 0 aromatic heterocycles. The topological polar surface area (TPSA) is 63.6 Å². The lowest BCUT2D eigenvalue weighted by molar-refractivity contribution is 0.0435. The normalized spacial score (nSPS) is 15.0. The van der Waals surface area contributed by atoms with E-state index in [1.54, 1.807) is 0 Å². The summed E-state index contributed by atoms with van der Waals surface area (Å²) in [7, 11) is 0. The molecule has 0 fully saturated rings. The second-order valence-corrected chi connectivity index (χ2v) is 4.05. The first-order chi connectivity index (χ1) is 10.2. The highest BCUT2D eigenvalue weighted by atomic mass is 16.5. The van der Waals surface area contributed by atoms with Gasteiger partial charge in [0.15, 0.2) is 0 Å². The first-order valence-corrected chi connectivity index (χ1v) is 5.73. The van der Waals surface area contributed by atoms with Gasteiger partial charge in [-0.1, -0.05) is 32.4 Å². The first-order valence-electron chi connectivity index (χ1n) is 7.73. The Bertz CT molecular complexity index is 601. The monoisotopic (exact) mass is 254 g/mol. The van der Waals surface area contributed by atoms with E-state index in [0.717, 1.165) is 12.8 Å². The van der Waals surface area contributed by atoms with Gasteiger partial charge in [0.25, 0.3) is 0 Å². The molecule has 0 bridgehead atoms. The third-order valence-corrected chi connectivity index (χ3v) is 2.39. The van der Waals surface area contributed by atoms with Crippen LogP contribution in [0.5, 0.6) is 0 Å². The van der Waals surface area contributed by atoms with E-state index in [4.69, 9.17) is 15.3 Å². The molecule has 0 radical (unpaired) electrons. The molecular weight excluding hydrogens is 232 g/mol. The number of esters is 1. The van der Waals surface area contributed by atoms with Gasteiger partial charge >= 0.3 is 11.9 Å². The molecule has 1 N–H and O–H groups in total. The fraction of sp³-hybridized carbons (Fsp3) is 0.429. The van der Waals surface area contributed by atoms with Crippen molar-refractivity contribution in [1.82, 2.24) is 0 Å². The first kappa shape index (κ1) is 9.14. The fourth-order valence-corrected chi connectivity index (χ4v) is 1.49. The van der Waals surface area contributed by atoms with Gasteiger partial charge in [-0.2, -0.15) is 0 Å². The quantitative estimate of drug-likeness (QED) is 0.793. The summed E-state index contributed by atoms with van der Waals surface area (Å²) >= 11 is 0. The summed E-state index contributed by atoms with van der Waals surface area (Å²) in [6.07, 6.45) is 1.73. The number of carboxylic acids is 1. The Morgan fingerprint density at radius 3 is 2.56 bits per heavy atom. The van der Waals surface area contributed by atoms with Crippen LogP contribution < -0.4 is 0 Å². The number of hydrogen-bond acceptors (Lipinski definition) is 3. The molecule has 1 rings (SSSR count). The lowest BCUT2D eigenvalue weighted by Gasteiger charge is -2.11. The number of rotatable bonds is 6. The van der Waals surface area contributed by atoms with Crippen molar-refractivity contribution < 1.29 is 24.9 Å². The Labute approximate surface area is 112 Å². The van der Waals surface area contributed by atoms with Crippen molar-refractivity contribution in [3.63, 3.8) is 0 Å². The van der Waals surface area contributed by atoms with Gasteiger partial charge < -0.3 is 9.84 Å². The highest BCUT2D eigenvalue weighted by Gasteiger charge is 2.17. The Balaban J connectivity index is 3.23. The Morgan fingerprint density at radius 1 is 1.39 bits per heavy atom. The second-order valence-electron chi connectivity index (χ2n) is 4.05. The molecule has 4 heteroatoms. The summed E-state index contributed by atoms with van der Waals surface area (Å²) in [5, 5.41) is 9.14. The highest BCUT2D eigenvalue weighted by Crippen LogP contribution is 2.12. The van der Waals surface area contributed by atoms with Crippen molar-refractivity contribution in [2.75, 3.05) is 6.61 Å². The molecule has 1 atom stereocenters. The van der Waals surface area contributed by atoms with Gasteiger partial charge in [-0.25, -0.2) is 9.59 Å². The van der Waals surface area contributed by atoms with E-state index in [0.29, 0.717) is 0 Å². The van der Waals surface area contributed by atoms with E-state index in [1.165, 1.54) is 0 Å². The third-order valence-electron chi connectivity index (χ3n) is 2.39. The van der Waals surface area contributed by atoms with Gasteiger partial charge in [0.2, 0.25) is 0 Å². The Hall–Kier alpha value is -1.84. The zero-order chi connectivity index (χ0) is 17.0. The molecule has 98 valence electrons. The minimum absolute atomic E-state index is 0.0640. The maximum atomic E-state index is 12.1. The molecule has 0 aliphatic rings. The van der Waals surface area contributed by atoms with E-state index in [9.17, 15) is 9.59 Å². The van der Waals surface area contributed by atoms with Crippen LogP contribution in [0.4, 0.5) is 0 Å². The molecule has 4 nitrogen and oxygen atoms in total. The van der Waals surface area contributed by atoms with Crippen molar-refractivity contribution in [2.45, 2.75) is 26.7 Å².